The lowest BCUT2D eigenvalue weighted by atomic mass is 9.63. The molecule has 142 valence electrons. The van der Waals surface area contributed by atoms with Gasteiger partial charge in [0.25, 0.3) is 0 Å². The minimum atomic E-state index is -0.754. The van der Waals surface area contributed by atoms with Gasteiger partial charge >= 0.3 is 5.97 Å². The highest BCUT2D eigenvalue weighted by atomic mass is 16.5. The van der Waals surface area contributed by atoms with E-state index in [2.05, 4.69) is 6.07 Å². The number of carboxylic acid groups (broad SMARTS) is 1. The molecule has 1 N–H and O–H groups in total. The van der Waals surface area contributed by atoms with E-state index in [1.54, 1.807) is 7.11 Å². The number of aliphatic carboxylic acids is 1. The van der Waals surface area contributed by atoms with Gasteiger partial charge in [-0.2, -0.15) is 0 Å². The van der Waals surface area contributed by atoms with Crippen LogP contribution in [-0.2, 0) is 15.0 Å². The van der Waals surface area contributed by atoms with Gasteiger partial charge in [0.15, 0.2) is 0 Å². The van der Waals surface area contributed by atoms with Crippen molar-refractivity contribution < 1.29 is 19.4 Å². The first-order valence-corrected chi connectivity index (χ1v) is 9.62. The predicted molar refractivity (Wildman–Crippen MR) is 99.4 cm³/mol. The van der Waals surface area contributed by atoms with E-state index in [0.29, 0.717) is 18.9 Å². The molecule has 0 aromatic heterocycles. The summed E-state index contributed by atoms with van der Waals surface area (Å²) in [6, 6.07) is 6.13. The Balaban J connectivity index is 1.77. The molecule has 1 saturated heterocycles. The summed E-state index contributed by atoms with van der Waals surface area (Å²) in [5.74, 6) is 0.596. The summed E-state index contributed by atoms with van der Waals surface area (Å²) in [6.45, 7) is 3.49. The van der Waals surface area contributed by atoms with Crippen LogP contribution in [0.4, 0.5) is 0 Å². The fraction of sp³-hybridized carbons (Fsp3) is 0.619. The first-order valence-electron chi connectivity index (χ1n) is 9.62. The molecule has 1 aromatic rings. The van der Waals surface area contributed by atoms with Gasteiger partial charge in [-0.15, -0.1) is 0 Å². The molecule has 1 unspecified atom stereocenters. The van der Waals surface area contributed by atoms with Gasteiger partial charge in [-0.1, -0.05) is 18.6 Å². The van der Waals surface area contributed by atoms with Crippen LogP contribution >= 0.6 is 0 Å². The van der Waals surface area contributed by atoms with Crippen molar-refractivity contribution in [1.29, 1.82) is 0 Å². The Labute approximate surface area is 155 Å². The number of likely N-dealkylation sites (tertiary alicyclic amines) is 1. The minimum absolute atomic E-state index is 0.188. The molecule has 5 heteroatoms. The third-order valence-corrected chi connectivity index (χ3v) is 6.15. The van der Waals surface area contributed by atoms with Crippen molar-refractivity contribution in [2.24, 2.45) is 5.92 Å². The second kappa shape index (κ2) is 7.68. The third kappa shape index (κ3) is 3.57. The van der Waals surface area contributed by atoms with Gasteiger partial charge in [0.05, 0.1) is 12.5 Å². The summed E-state index contributed by atoms with van der Waals surface area (Å²) >= 11 is 0. The number of rotatable bonds is 6. The number of aryl methyl sites for hydroxylation is 1. The minimum Gasteiger partial charge on any atom is -0.496 e. The molecule has 1 amide bonds. The second-order valence-corrected chi connectivity index (χ2v) is 7.81. The largest absolute Gasteiger partial charge is 0.496 e. The van der Waals surface area contributed by atoms with E-state index >= 15 is 0 Å². The number of carbonyl (C=O) groups is 2. The van der Waals surface area contributed by atoms with Crippen molar-refractivity contribution in [3.05, 3.63) is 29.3 Å². The molecule has 26 heavy (non-hydrogen) atoms. The summed E-state index contributed by atoms with van der Waals surface area (Å²) in [6.07, 6.45) is 5.66. The van der Waals surface area contributed by atoms with Gasteiger partial charge in [0.2, 0.25) is 5.91 Å². The Kier molecular flexibility index (Phi) is 5.54. The van der Waals surface area contributed by atoms with Crippen LogP contribution in [0.15, 0.2) is 18.2 Å². The lowest BCUT2D eigenvalue weighted by Crippen LogP contribution is -2.53. The first-order chi connectivity index (χ1) is 12.5. The summed E-state index contributed by atoms with van der Waals surface area (Å²) in [5, 5.41) is 8.92. The van der Waals surface area contributed by atoms with E-state index < -0.39 is 11.4 Å². The number of carbonyl (C=O) groups excluding carboxylic acids is 1. The maximum absolute atomic E-state index is 13.4. The third-order valence-electron chi connectivity index (χ3n) is 6.15. The second-order valence-electron chi connectivity index (χ2n) is 7.81. The number of hydrogen-bond donors (Lipinski definition) is 1. The molecule has 1 aliphatic carbocycles. The Hall–Kier alpha value is -2.04. The molecular weight excluding hydrogens is 330 g/mol. The summed E-state index contributed by atoms with van der Waals surface area (Å²) in [5.41, 5.74) is 1.71. The van der Waals surface area contributed by atoms with Gasteiger partial charge in [0, 0.05) is 19.5 Å². The van der Waals surface area contributed by atoms with Crippen molar-refractivity contribution in [3.8, 4) is 5.75 Å². The molecule has 1 saturated carbocycles. The average molecular weight is 359 g/mol. The summed E-state index contributed by atoms with van der Waals surface area (Å²) in [7, 11) is 1.67. The van der Waals surface area contributed by atoms with Gasteiger partial charge in [-0.3, -0.25) is 9.59 Å². The Morgan fingerprint density at radius 2 is 2.08 bits per heavy atom. The molecule has 1 heterocycles. The van der Waals surface area contributed by atoms with E-state index in [9.17, 15) is 9.59 Å². The molecule has 0 radical (unpaired) electrons. The number of benzene rings is 1. The van der Waals surface area contributed by atoms with Crippen molar-refractivity contribution in [1.82, 2.24) is 4.90 Å². The van der Waals surface area contributed by atoms with Gasteiger partial charge in [0.1, 0.15) is 5.75 Å². The Morgan fingerprint density at radius 3 is 2.69 bits per heavy atom. The number of nitrogens with zero attached hydrogens (tertiary/aromatic N) is 1. The topological polar surface area (TPSA) is 66.8 Å². The summed E-state index contributed by atoms with van der Waals surface area (Å²) < 4.78 is 5.47. The average Bonchev–Trinajstić information content (AvgIpc) is 2.60. The van der Waals surface area contributed by atoms with Crippen LogP contribution in [0.3, 0.4) is 0 Å². The monoisotopic (exact) mass is 359 g/mol. The smallest absolute Gasteiger partial charge is 0.303 e. The zero-order chi connectivity index (χ0) is 18.7. The van der Waals surface area contributed by atoms with Gasteiger partial charge in [-0.25, -0.2) is 0 Å². The molecular formula is C21H29NO4. The Bertz CT molecular complexity index is 681. The van der Waals surface area contributed by atoms with Crippen molar-refractivity contribution in [2.45, 2.75) is 57.3 Å². The maximum atomic E-state index is 13.4. The molecule has 0 bridgehead atoms. The zero-order valence-corrected chi connectivity index (χ0v) is 15.8. The van der Waals surface area contributed by atoms with E-state index in [1.807, 2.05) is 24.0 Å². The van der Waals surface area contributed by atoms with E-state index in [1.165, 1.54) is 0 Å². The number of amides is 1. The Morgan fingerprint density at radius 1 is 1.31 bits per heavy atom. The molecule has 1 aliphatic heterocycles. The van der Waals surface area contributed by atoms with Crippen LogP contribution in [0.25, 0.3) is 0 Å². The van der Waals surface area contributed by atoms with Gasteiger partial charge < -0.3 is 14.7 Å². The number of ether oxygens (including phenoxy) is 1. The van der Waals surface area contributed by atoms with Gasteiger partial charge in [-0.05, 0) is 62.1 Å². The van der Waals surface area contributed by atoms with Crippen molar-refractivity contribution in [2.75, 3.05) is 20.2 Å². The lowest BCUT2D eigenvalue weighted by molar-refractivity contribution is -0.143. The maximum Gasteiger partial charge on any atom is 0.303 e. The van der Waals surface area contributed by atoms with E-state index in [0.717, 1.165) is 55.5 Å². The van der Waals surface area contributed by atoms with Crippen molar-refractivity contribution in [3.63, 3.8) is 0 Å². The van der Waals surface area contributed by atoms with Crippen LogP contribution in [-0.4, -0.2) is 42.1 Å². The first kappa shape index (κ1) is 18.7. The van der Waals surface area contributed by atoms with E-state index in [-0.39, 0.29) is 12.3 Å². The highest BCUT2D eigenvalue weighted by molar-refractivity contribution is 5.89. The van der Waals surface area contributed by atoms with Crippen LogP contribution in [0.5, 0.6) is 5.75 Å². The number of carboxylic acids is 1. The fourth-order valence-corrected chi connectivity index (χ4v) is 4.39. The zero-order valence-electron chi connectivity index (χ0n) is 15.8. The predicted octanol–water partition coefficient (Wildman–Crippen LogP) is 3.53. The van der Waals surface area contributed by atoms with Crippen molar-refractivity contribution >= 4 is 11.9 Å². The number of methoxy groups -OCH3 is 1. The van der Waals surface area contributed by atoms with Crippen LogP contribution < -0.4 is 4.74 Å². The van der Waals surface area contributed by atoms with Crippen LogP contribution in [0.2, 0.25) is 0 Å². The quantitative estimate of drug-likeness (QED) is 0.844. The van der Waals surface area contributed by atoms with Crippen LogP contribution in [0, 0.1) is 12.8 Å². The number of piperidine rings is 1. The molecule has 1 atom stereocenters. The standard InChI is InChI=1S/C21H29NO4/c1-15-6-8-17(13-18(15)26-2)21(10-4-11-21)20(25)22-12-3-5-16(14-22)7-9-19(23)24/h6,8,13,16H,3-5,7,9-12,14H2,1-2H3,(H,23,24). The molecule has 3 rings (SSSR count). The number of hydrogen-bond acceptors (Lipinski definition) is 3. The van der Waals surface area contributed by atoms with E-state index in [4.69, 9.17) is 9.84 Å². The lowest BCUT2D eigenvalue weighted by Gasteiger charge is -2.46. The molecule has 2 fully saturated rings. The SMILES string of the molecule is COc1cc(C2(C(=O)N3CCCC(CCC(=O)O)C3)CCC2)ccc1C. The summed E-state index contributed by atoms with van der Waals surface area (Å²) in [4.78, 5) is 26.3. The molecule has 0 spiro atoms. The fourth-order valence-electron chi connectivity index (χ4n) is 4.39. The highest BCUT2D eigenvalue weighted by Gasteiger charge is 2.48. The van der Waals surface area contributed by atoms with Crippen LogP contribution in [0.1, 0.15) is 56.1 Å². The molecule has 1 aromatic carbocycles. The normalized spacial score (nSPS) is 21.8. The molecule has 2 aliphatic rings. The highest BCUT2D eigenvalue weighted by Crippen LogP contribution is 2.47. The molecule has 5 nitrogen and oxygen atoms in total.